The Kier molecular flexibility index (Phi) is 6.49. The second-order valence-corrected chi connectivity index (χ2v) is 5.32. The molecule has 128 valence electrons. The first kappa shape index (κ1) is 17.8. The van der Waals surface area contributed by atoms with Gasteiger partial charge in [0.25, 0.3) is 0 Å². The van der Waals surface area contributed by atoms with E-state index in [-0.39, 0.29) is 13.2 Å². The minimum atomic E-state index is -1.16. The fourth-order valence-electron chi connectivity index (χ4n) is 2.40. The fourth-order valence-corrected chi connectivity index (χ4v) is 2.40. The second-order valence-electron chi connectivity index (χ2n) is 5.32. The van der Waals surface area contributed by atoms with Crippen LogP contribution in [0.15, 0.2) is 30.3 Å². The van der Waals surface area contributed by atoms with E-state index < -0.39 is 36.7 Å². The van der Waals surface area contributed by atoms with Crippen LogP contribution in [0.4, 0.5) is 0 Å². The Balaban J connectivity index is 2.02. The molecule has 0 radical (unpaired) electrons. The first-order valence-electron chi connectivity index (χ1n) is 7.36. The summed E-state index contributed by atoms with van der Waals surface area (Å²) in [5, 5.41) is 20.6. The summed E-state index contributed by atoms with van der Waals surface area (Å²) in [4.78, 5) is 10.9. The molecule has 0 amide bonds. The molecule has 1 saturated heterocycles. The third-order valence-corrected chi connectivity index (χ3v) is 3.61. The average Bonchev–Trinajstić information content (AvgIpc) is 2.55. The quantitative estimate of drug-likeness (QED) is 0.723. The number of ether oxygens (including phenoxy) is 4. The van der Waals surface area contributed by atoms with Gasteiger partial charge in [-0.15, -0.1) is 0 Å². The Labute approximate surface area is 134 Å². The van der Waals surface area contributed by atoms with E-state index in [2.05, 4.69) is 0 Å². The minimum Gasteiger partial charge on any atom is -0.463 e. The molecule has 7 nitrogen and oxygen atoms in total. The minimum absolute atomic E-state index is 0.145. The molecule has 2 N–H and O–H groups in total. The predicted octanol–water partition coefficient (Wildman–Crippen LogP) is 0.228. The van der Waals surface area contributed by atoms with Gasteiger partial charge in [0.15, 0.2) is 6.29 Å². The van der Waals surface area contributed by atoms with Gasteiger partial charge in [-0.05, 0) is 5.56 Å². The third kappa shape index (κ3) is 4.73. The van der Waals surface area contributed by atoms with Gasteiger partial charge in [0.2, 0.25) is 0 Å². The number of esters is 1. The summed E-state index contributed by atoms with van der Waals surface area (Å²) in [6.07, 6.45) is -5.05. The van der Waals surface area contributed by atoms with Gasteiger partial charge in [0, 0.05) is 14.0 Å². The van der Waals surface area contributed by atoms with E-state index >= 15 is 0 Å². The lowest BCUT2D eigenvalue weighted by Crippen LogP contribution is -2.60. The number of benzene rings is 1. The number of carbonyl (C=O) groups excluding carboxylic acids is 1. The van der Waals surface area contributed by atoms with Crippen LogP contribution in [-0.2, 0) is 30.3 Å². The number of methoxy groups -OCH3 is 1. The molecule has 1 heterocycles. The van der Waals surface area contributed by atoms with Crippen molar-refractivity contribution in [2.75, 3.05) is 13.7 Å². The number of rotatable bonds is 6. The third-order valence-electron chi connectivity index (χ3n) is 3.61. The van der Waals surface area contributed by atoms with Crippen molar-refractivity contribution < 1.29 is 34.0 Å². The maximum atomic E-state index is 10.9. The number of hydrogen-bond donors (Lipinski definition) is 2. The fraction of sp³-hybridized carbons (Fsp3) is 0.562. The first-order chi connectivity index (χ1) is 11.0. The second kappa shape index (κ2) is 8.37. The zero-order valence-corrected chi connectivity index (χ0v) is 13.1. The van der Waals surface area contributed by atoms with Crippen LogP contribution in [0.2, 0.25) is 0 Å². The standard InChI is InChI=1S/C16H22O7/c1-10(17)21-9-12-13(18)15(14(19)16(20-2)23-12)22-8-11-6-4-3-5-7-11/h3-7,12-16,18-19H,8-9H2,1-2H3/t12-,13+,14-,15+,16-/m1/s1. The van der Waals surface area contributed by atoms with Crippen LogP contribution in [-0.4, -0.2) is 60.6 Å². The molecule has 1 aromatic rings. The van der Waals surface area contributed by atoms with Crippen LogP contribution in [0.3, 0.4) is 0 Å². The van der Waals surface area contributed by atoms with Crippen LogP contribution < -0.4 is 0 Å². The van der Waals surface area contributed by atoms with Crippen LogP contribution in [0.25, 0.3) is 0 Å². The highest BCUT2D eigenvalue weighted by Crippen LogP contribution is 2.25. The lowest BCUT2D eigenvalue weighted by molar-refractivity contribution is -0.303. The molecule has 0 saturated carbocycles. The summed E-state index contributed by atoms with van der Waals surface area (Å²) >= 11 is 0. The molecular weight excluding hydrogens is 304 g/mol. The van der Waals surface area contributed by atoms with E-state index in [4.69, 9.17) is 18.9 Å². The van der Waals surface area contributed by atoms with Crippen molar-refractivity contribution >= 4 is 5.97 Å². The summed E-state index contributed by atoms with van der Waals surface area (Å²) in [7, 11) is 1.38. The largest absolute Gasteiger partial charge is 0.463 e. The van der Waals surface area contributed by atoms with Gasteiger partial charge < -0.3 is 29.2 Å². The summed E-state index contributed by atoms with van der Waals surface area (Å²) in [5.74, 6) is -0.484. The molecule has 1 aliphatic heterocycles. The molecular formula is C16H22O7. The average molecular weight is 326 g/mol. The van der Waals surface area contributed by atoms with Gasteiger partial charge >= 0.3 is 5.97 Å². The van der Waals surface area contributed by atoms with E-state index in [0.29, 0.717) is 0 Å². The molecule has 0 bridgehead atoms. The van der Waals surface area contributed by atoms with Crippen LogP contribution in [0.5, 0.6) is 0 Å². The molecule has 23 heavy (non-hydrogen) atoms. The number of aliphatic hydroxyl groups is 2. The van der Waals surface area contributed by atoms with E-state index in [0.717, 1.165) is 5.56 Å². The monoisotopic (exact) mass is 326 g/mol. The molecule has 1 fully saturated rings. The zero-order valence-electron chi connectivity index (χ0n) is 13.1. The van der Waals surface area contributed by atoms with E-state index in [9.17, 15) is 15.0 Å². The molecule has 0 aliphatic carbocycles. The van der Waals surface area contributed by atoms with Crippen molar-refractivity contribution in [1.29, 1.82) is 0 Å². The Morgan fingerprint density at radius 1 is 1.22 bits per heavy atom. The highest BCUT2D eigenvalue weighted by Gasteiger charge is 2.46. The Hall–Kier alpha value is -1.51. The first-order valence-corrected chi connectivity index (χ1v) is 7.36. The SMILES string of the molecule is CO[C@@H]1O[C@H](COC(C)=O)[C@H](O)[C@H](OCc2ccccc2)[C@H]1O. The normalized spacial score (nSPS) is 30.9. The summed E-state index contributed by atoms with van der Waals surface area (Å²) in [5.41, 5.74) is 0.906. The van der Waals surface area contributed by atoms with Gasteiger partial charge in [0.05, 0.1) is 6.61 Å². The van der Waals surface area contributed by atoms with Crippen molar-refractivity contribution in [3.05, 3.63) is 35.9 Å². The highest BCUT2D eigenvalue weighted by molar-refractivity contribution is 5.65. The summed E-state index contributed by atoms with van der Waals surface area (Å²) in [6, 6.07) is 9.39. The maximum absolute atomic E-state index is 10.9. The molecule has 2 rings (SSSR count). The number of carbonyl (C=O) groups is 1. The molecule has 0 unspecified atom stereocenters. The summed E-state index contributed by atoms with van der Waals surface area (Å²) in [6.45, 7) is 1.34. The zero-order chi connectivity index (χ0) is 16.8. The Morgan fingerprint density at radius 3 is 2.52 bits per heavy atom. The van der Waals surface area contributed by atoms with Crippen molar-refractivity contribution in [1.82, 2.24) is 0 Å². The van der Waals surface area contributed by atoms with Gasteiger partial charge in [-0.1, -0.05) is 30.3 Å². The Morgan fingerprint density at radius 2 is 1.91 bits per heavy atom. The molecule has 0 spiro atoms. The molecule has 7 heteroatoms. The number of aliphatic hydroxyl groups excluding tert-OH is 2. The predicted molar refractivity (Wildman–Crippen MR) is 79.3 cm³/mol. The molecule has 1 aliphatic rings. The van der Waals surface area contributed by atoms with E-state index in [1.807, 2.05) is 30.3 Å². The maximum Gasteiger partial charge on any atom is 0.302 e. The number of hydrogen-bond acceptors (Lipinski definition) is 7. The van der Waals surface area contributed by atoms with Crippen molar-refractivity contribution in [2.45, 2.75) is 44.2 Å². The van der Waals surface area contributed by atoms with Gasteiger partial charge in [-0.3, -0.25) is 4.79 Å². The lowest BCUT2D eigenvalue weighted by atomic mass is 9.99. The Bertz CT molecular complexity index is 492. The van der Waals surface area contributed by atoms with Crippen molar-refractivity contribution in [3.63, 3.8) is 0 Å². The lowest BCUT2D eigenvalue weighted by Gasteiger charge is -2.41. The van der Waals surface area contributed by atoms with Crippen molar-refractivity contribution in [2.24, 2.45) is 0 Å². The molecule has 0 aromatic heterocycles. The van der Waals surface area contributed by atoms with Gasteiger partial charge in [-0.2, -0.15) is 0 Å². The topological polar surface area (TPSA) is 94.5 Å². The van der Waals surface area contributed by atoms with Crippen LogP contribution in [0.1, 0.15) is 12.5 Å². The smallest absolute Gasteiger partial charge is 0.302 e. The summed E-state index contributed by atoms with van der Waals surface area (Å²) < 4.78 is 21.0. The van der Waals surface area contributed by atoms with Crippen LogP contribution in [0, 0.1) is 0 Å². The van der Waals surface area contributed by atoms with E-state index in [1.165, 1.54) is 14.0 Å². The highest BCUT2D eigenvalue weighted by atomic mass is 16.7. The van der Waals surface area contributed by atoms with Crippen molar-refractivity contribution in [3.8, 4) is 0 Å². The van der Waals surface area contributed by atoms with Gasteiger partial charge in [-0.25, -0.2) is 0 Å². The van der Waals surface area contributed by atoms with Crippen LogP contribution >= 0.6 is 0 Å². The molecule has 1 aromatic carbocycles. The van der Waals surface area contributed by atoms with Gasteiger partial charge in [0.1, 0.15) is 31.0 Å². The van der Waals surface area contributed by atoms with E-state index in [1.54, 1.807) is 0 Å². The molecule has 5 atom stereocenters.